The van der Waals surface area contributed by atoms with Gasteiger partial charge < -0.3 is 4.90 Å². The van der Waals surface area contributed by atoms with Crippen molar-refractivity contribution in [1.82, 2.24) is 0 Å². The van der Waals surface area contributed by atoms with Crippen molar-refractivity contribution < 1.29 is 4.79 Å². The lowest BCUT2D eigenvalue weighted by Gasteiger charge is -2.20. The van der Waals surface area contributed by atoms with Crippen LogP contribution in [-0.4, -0.2) is 24.6 Å². The van der Waals surface area contributed by atoms with E-state index in [0.29, 0.717) is 0 Å². The molecule has 0 heterocycles. The summed E-state index contributed by atoms with van der Waals surface area (Å²) in [5.41, 5.74) is 2.91. The summed E-state index contributed by atoms with van der Waals surface area (Å²) >= 11 is 0. The molecule has 0 bridgehead atoms. The SMILES string of the molecule is CCN(CC)c1ccc(N=C2C=CC(=O)C=C2)cc1. The largest absolute Gasteiger partial charge is 0.372 e. The molecule has 0 radical (unpaired) electrons. The Morgan fingerprint density at radius 2 is 1.53 bits per heavy atom. The predicted octanol–water partition coefficient (Wildman–Crippen LogP) is 3.30. The number of nitrogens with zero attached hydrogens (tertiary/aromatic N) is 2. The summed E-state index contributed by atoms with van der Waals surface area (Å²) in [4.78, 5) is 17.8. The average molecular weight is 254 g/mol. The van der Waals surface area contributed by atoms with Crippen molar-refractivity contribution in [2.24, 2.45) is 4.99 Å². The van der Waals surface area contributed by atoms with E-state index in [0.717, 1.165) is 24.5 Å². The average Bonchev–Trinajstić information content (AvgIpc) is 2.44. The highest BCUT2D eigenvalue weighted by Crippen LogP contribution is 2.20. The summed E-state index contributed by atoms with van der Waals surface area (Å²) < 4.78 is 0. The van der Waals surface area contributed by atoms with Crippen molar-refractivity contribution in [3.8, 4) is 0 Å². The maximum atomic E-state index is 11.0. The third kappa shape index (κ3) is 3.41. The molecule has 3 nitrogen and oxygen atoms in total. The second-order valence-electron chi connectivity index (χ2n) is 4.29. The van der Waals surface area contributed by atoms with E-state index >= 15 is 0 Å². The highest BCUT2D eigenvalue weighted by Gasteiger charge is 2.02. The third-order valence-electron chi connectivity index (χ3n) is 3.07. The molecule has 1 aromatic rings. The van der Waals surface area contributed by atoms with Gasteiger partial charge in [-0.1, -0.05) is 0 Å². The van der Waals surface area contributed by atoms with Gasteiger partial charge in [0.25, 0.3) is 0 Å². The third-order valence-corrected chi connectivity index (χ3v) is 3.07. The number of carbonyl (C=O) groups excluding carboxylic acids is 1. The van der Waals surface area contributed by atoms with Crippen molar-refractivity contribution in [1.29, 1.82) is 0 Å². The fraction of sp³-hybridized carbons (Fsp3) is 0.250. The first-order chi connectivity index (χ1) is 9.22. The Kier molecular flexibility index (Phi) is 4.29. The normalized spacial score (nSPS) is 13.8. The van der Waals surface area contributed by atoms with Crippen LogP contribution >= 0.6 is 0 Å². The van der Waals surface area contributed by atoms with Crippen molar-refractivity contribution in [3.63, 3.8) is 0 Å². The summed E-state index contributed by atoms with van der Waals surface area (Å²) in [5, 5.41) is 0. The predicted molar refractivity (Wildman–Crippen MR) is 80.4 cm³/mol. The second-order valence-corrected chi connectivity index (χ2v) is 4.29. The van der Waals surface area contributed by atoms with E-state index in [-0.39, 0.29) is 5.78 Å². The number of aliphatic imine (C=N–C) groups is 1. The molecule has 0 saturated carbocycles. The second kappa shape index (κ2) is 6.14. The van der Waals surface area contributed by atoms with Crippen LogP contribution in [-0.2, 0) is 4.79 Å². The molecule has 98 valence electrons. The van der Waals surface area contributed by atoms with Crippen LogP contribution in [0.4, 0.5) is 11.4 Å². The lowest BCUT2D eigenvalue weighted by molar-refractivity contribution is -0.110. The van der Waals surface area contributed by atoms with Gasteiger partial charge in [-0.05, 0) is 62.4 Å². The minimum Gasteiger partial charge on any atom is -0.372 e. The number of anilines is 1. The van der Waals surface area contributed by atoms with Crippen LogP contribution in [0.2, 0.25) is 0 Å². The number of carbonyl (C=O) groups is 1. The minimum absolute atomic E-state index is 0.0100. The maximum Gasteiger partial charge on any atom is 0.178 e. The zero-order valence-corrected chi connectivity index (χ0v) is 11.3. The van der Waals surface area contributed by atoms with Crippen LogP contribution in [0.5, 0.6) is 0 Å². The van der Waals surface area contributed by atoms with Crippen molar-refractivity contribution in [2.75, 3.05) is 18.0 Å². The molecule has 1 aliphatic carbocycles. The van der Waals surface area contributed by atoms with E-state index in [1.54, 1.807) is 12.2 Å². The van der Waals surface area contributed by atoms with Crippen LogP contribution < -0.4 is 4.90 Å². The number of hydrogen-bond acceptors (Lipinski definition) is 3. The molecule has 0 spiro atoms. The zero-order chi connectivity index (χ0) is 13.7. The molecule has 0 fully saturated rings. The molecule has 0 N–H and O–H groups in total. The van der Waals surface area contributed by atoms with Crippen molar-refractivity contribution in [3.05, 3.63) is 48.6 Å². The number of hydrogen-bond donors (Lipinski definition) is 0. The topological polar surface area (TPSA) is 32.7 Å². The fourth-order valence-corrected chi connectivity index (χ4v) is 2.00. The first kappa shape index (κ1) is 13.3. The molecule has 0 unspecified atom stereocenters. The molecule has 0 aromatic heterocycles. The molecular weight excluding hydrogens is 236 g/mol. The van der Waals surface area contributed by atoms with Gasteiger partial charge >= 0.3 is 0 Å². The molecule has 0 saturated heterocycles. The molecular formula is C16H18N2O. The quantitative estimate of drug-likeness (QED) is 0.772. The molecule has 0 aliphatic heterocycles. The standard InChI is InChI=1S/C16H18N2O/c1-3-18(4-2)15-9-5-13(6-10-15)17-14-7-11-16(19)12-8-14/h5-12H,3-4H2,1-2H3. The lowest BCUT2D eigenvalue weighted by atomic mass is 10.1. The van der Waals surface area contributed by atoms with Gasteiger partial charge in [-0.2, -0.15) is 0 Å². The monoisotopic (exact) mass is 254 g/mol. The van der Waals surface area contributed by atoms with E-state index in [9.17, 15) is 4.79 Å². The Labute approximate surface area is 114 Å². The van der Waals surface area contributed by atoms with Gasteiger partial charge in [0.1, 0.15) is 0 Å². The molecule has 0 amide bonds. The smallest absolute Gasteiger partial charge is 0.178 e. The highest BCUT2D eigenvalue weighted by atomic mass is 16.1. The zero-order valence-electron chi connectivity index (χ0n) is 11.3. The van der Waals surface area contributed by atoms with E-state index < -0.39 is 0 Å². The Morgan fingerprint density at radius 1 is 0.947 bits per heavy atom. The van der Waals surface area contributed by atoms with Crippen molar-refractivity contribution in [2.45, 2.75) is 13.8 Å². The lowest BCUT2D eigenvalue weighted by Crippen LogP contribution is -2.21. The van der Waals surface area contributed by atoms with Crippen molar-refractivity contribution >= 4 is 22.9 Å². The molecule has 1 aliphatic rings. The molecule has 3 heteroatoms. The van der Waals surface area contributed by atoms with Crippen LogP contribution in [0.15, 0.2) is 53.6 Å². The number of ketones is 1. The summed E-state index contributed by atoms with van der Waals surface area (Å²) in [6, 6.07) is 8.15. The van der Waals surface area contributed by atoms with E-state index in [1.807, 2.05) is 12.1 Å². The van der Waals surface area contributed by atoms with E-state index in [1.165, 1.54) is 17.8 Å². The highest BCUT2D eigenvalue weighted by molar-refractivity contribution is 6.17. The van der Waals surface area contributed by atoms with E-state index in [4.69, 9.17) is 0 Å². The Morgan fingerprint density at radius 3 is 2.05 bits per heavy atom. The fourth-order valence-electron chi connectivity index (χ4n) is 2.00. The molecule has 1 aromatic carbocycles. The summed E-state index contributed by atoms with van der Waals surface area (Å²) in [6.07, 6.45) is 6.54. The Balaban J connectivity index is 2.15. The number of benzene rings is 1. The Bertz CT molecular complexity index is 516. The summed E-state index contributed by atoms with van der Waals surface area (Å²) in [6.45, 7) is 6.29. The molecule has 0 atom stereocenters. The van der Waals surface area contributed by atoms with E-state index in [2.05, 4.69) is 35.9 Å². The van der Waals surface area contributed by atoms with Gasteiger partial charge in [0.15, 0.2) is 5.78 Å². The van der Waals surface area contributed by atoms with Gasteiger partial charge in [0.2, 0.25) is 0 Å². The van der Waals surface area contributed by atoms with Gasteiger partial charge in [0.05, 0.1) is 11.4 Å². The van der Waals surface area contributed by atoms with Gasteiger partial charge in [-0.15, -0.1) is 0 Å². The first-order valence-corrected chi connectivity index (χ1v) is 6.56. The minimum atomic E-state index is 0.0100. The summed E-state index contributed by atoms with van der Waals surface area (Å²) in [5.74, 6) is 0.0100. The van der Waals surface area contributed by atoms with Gasteiger partial charge in [-0.25, -0.2) is 4.99 Å². The van der Waals surface area contributed by atoms with Gasteiger partial charge in [-0.3, -0.25) is 4.79 Å². The molecule has 2 rings (SSSR count). The number of allylic oxidation sites excluding steroid dienone is 4. The molecule has 19 heavy (non-hydrogen) atoms. The summed E-state index contributed by atoms with van der Waals surface area (Å²) in [7, 11) is 0. The number of rotatable bonds is 4. The van der Waals surface area contributed by atoms with Crippen LogP contribution in [0.3, 0.4) is 0 Å². The Hall–Kier alpha value is -2.16. The van der Waals surface area contributed by atoms with Gasteiger partial charge in [0, 0.05) is 18.8 Å². The first-order valence-electron chi connectivity index (χ1n) is 6.56. The maximum absolute atomic E-state index is 11.0. The van der Waals surface area contributed by atoms with Crippen LogP contribution in [0.25, 0.3) is 0 Å². The van der Waals surface area contributed by atoms with Crippen LogP contribution in [0, 0.1) is 0 Å². The van der Waals surface area contributed by atoms with Crippen LogP contribution in [0.1, 0.15) is 13.8 Å².